The van der Waals surface area contributed by atoms with Crippen molar-refractivity contribution in [3.63, 3.8) is 0 Å². The van der Waals surface area contributed by atoms with Gasteiger partial charge in [0, 0.05) is 37.6 Å². The van der Waals surface area contributed by atoms with E-state index in [-0.39, 0.29) is 23.6 Å². The van der Waals surface area contributed by atoms with E-state index < -0.39 is 41.1 Å². The molecule has 0 aliphatic carbocycles. The molecule has 35 heavy (non-hydrogen) atoms. The van der Waals surface area contributed by atoms with Crippen LogP contribution in [0, 0.1) is 11.6 Å². The molecule has 1 aromatic heterocycles. The fraction of sp³-hybridized carbons (Fsp3) is 0.318. The Morgan fingerprint density at radius 1 is 0.971 bits per heavy atom. The molecule has 3 rings (SSSR count). The molecule has 13 heteroatoms. The monoisotopic (exact) mass is 534 g/mol. The minimum absolute atomic E-state index is 0.0411. The molecule has 190 valence electrons. The molecule has 0 unspecified atom stereocenters. The Labute approximate surface area is 200 Å². The summed E-state index contributed by atoms with van der Waals surface area (Å²) in [7, 11) is -7.50. The number of nitrogens with zero attached hydrogens (tertiary/aromatic N) is 2. The van der Waals surface area contributed by atoms with Gasteiger partial charge in [-0.15, -0.1) is 0 Å². The van der Waals surface area contributed by atoms with Crippen molar-refractivity contribution in [2.45, 2.75) is 37.9 Å². The molecule has 0 aliphatic heterocycles. The van der Waals surface area contributed by atoms with Crippen LogP contribution in [0.3, 0.4) is 0 Å². The molecule has 0 aliphatic rings. The number of aromatic nitrogens is 2. The summed E-state index contributed by atoms with van der Waals surface area (Å²) in [4.78, 5) is 0. The van der Waals surface area contributed by atoms with Crippen molar-refractivity contribution in [2.75, 3.05) is 6.61 Å². The second-order valence-electron chi connectivity index (χ2n) is 8.87. The van der Waals surface area contributed by atoms with Gasteiger partial charge in [0.15, 0.2) is 11.6 Å². The van der Waals surface area contributed by atoms with Gasteiger partial charge in [0.1, 0.15) is 12.4 Å². The molecule has 0 spiro atoms. The van der Waals surface area contributed by atoms with Crippen LogP contribution in [0.15, 0.2) is 48.7 Å². The third-order valence-electron chi connectivity index (χ3n) is 4.85. The zero-order chi connectivity index (χ0) is 26.0. The van der Waals surface area contributed by atoms with Crippen LogP contribution < -0.4 is 4.18 Å². The second kappa shape index (κ2) is 10.1. The summed E-state index contributed by atoms with van der Waals surface area (Å²) in [6, 6.07) is 11.1. The number of hydrogen-bond acceptors (Lipinski definition) is 5. The molecule has 0 N–H and O–H groups in total. The number of benzene rings is 2. The topological polar surface area (TPSA) is 70.4 Å². The van der Waals surface area contributed by atoms with Crippen molar-refractivity contribution in [1.29, 1.82) is 0 Å². The average Bonchev–Trinajstić information content (AvgIpc) is 3.18. The van der Waals surface area contributed by atoms with E-state index in [0.717, 1.165) is 12.1 Å². The van der Waals surface area contributed by atoms with Gasteiger partial charge in [-0.25, -0.2) is 9.07 Å². The van der Waals surface area contributed by atoms with Gasteiger partial charge in [-0.1, -0.05) is 50.0 Å². The van der Waals surface area contributed by atoms with Crippen LogP contribution in [0.4, 0.5) is 22.0 Å². The van der Waals surface area contributed by atoms with Crippen LogP contribution in [-0.4, -0.2) is 38.4 Å². The Balaban J connectivity index is 1.98. The summed E-state index contributed by atoms with van der Waals surface area (Å²) in [5, 5.41) is 4.41. The highest BCUT2D eigenvalue weighted by Gasteiger charge is 2.49. The van der Waals surface area contributed by atoms with Crippen molar-refractivity contribution < 1.29 is 39.3 Å². The van der Waals surface area contributed by atoms with E-state index in [9.17, 15) is 30.4 Å². The van der Waals surface area contributed by atoms with E-state index in [2.05, 4.69) is 28.9 Å². The smallest absolute Gasteiger partial charge is 0.373 e. The number of ether oxygens (including phenoxy) is 1. The summed E-state index contributed by atoms with van der Waals surface area (Å²) in [5.74, 6) is -4.88. The van der Waals surface area contributed by atoms with E-state index >= 15 is 0 Å². The van der Waals surface area contributed by atoms with E-state index in [1.54, 1.807) is 30.3 Å². The molecule has 0 saturated heterocycles. The van der Waals surface area contributed by atoms with Crippen LogP contribution in [0.2, 0.25) is 25.7 Å². The molecule has 0 atom stereocenters. The van der Waals surface area contributed by atoms with E-state index in [0.29, 0.717) is 18.2 Å². The van der Waals surface area contributed by atoms with Crippen LogP contribution in [0.1, 0.15) is 0 Å². The van der Waals surface area contributed by atoms with Crippen molar-refractivity contribution in [2.24, 2.45) is 0 Å². The van der Waals surface area contributed by atoms with Gasteiger partial charge in [0.25, 0.3) is 0 Å². The quantitative estimate of drug-likeness (QED) is 0.110. The number of halogens is 5. The average molecular weight is 535 g/mol. The minimum Gasteiger partial charge on any atom is -0.373 e. The second-order valence-corrected chi connectivity index (χ2v) is 16.0. The third-order valence-corrected chi connectivity index (χ3v) is 7.52. The first kappa shape index (κ1) is 26.8. The maximum atomic E-state index is 15.0. The van der Waals surface area contributed by atoms with Gasteiger partial charge >= 0.3 is 15.6 Å². The SMILES string of the molecule is C[Si](C)(C)CCOCn1cc(-c2ccc(OS(=O)(=O)C(F)(F)F)c(F)c2F)c(-c2ccccc2)n1. The highest BCUT2D eigenvalue weighted by atomic mass is 32.2. The number of rotatable bonds is 9. The highest BCUT2D eigenvalue weighted by molar-refractivity contribution is 7.88. The summed E-state index contributed by atoms with van der Waals surface area (Å²) in [6.45, 7) is 7.12. The lowest BCUT2D eigenvalue weighted by Gasteiger charge is -2.15. The summed E-state index contributed by atoms with van der Waals surface area (Å²) < 4.78 is 101. The first-order valence-electron chi connectivity index (χ1n) is 10.4. The van der Waals surface area contributed by atoms with Gasteiger partial charge in [0.2, 0.25) is 5.82 Å². The Morgan fingerprint density at radius 2 is 1.63 bits per heavy atom. The normalized spacial score (nSPS) is 12.7. The van der Waals surface area contributed by atoms with E-state index in [4.69, 9.17) is 4.74 Å². The van der Waals surface area contributed by atoms with Crippen molar-refractivity contribution in [1.82, 2.24) is 9.78 Å². The summed E-state index contributed by atoms with van der Waals surface area (Å²) >= 11 is 0. The Bertz CT molecular complexity index is 1290. The van der Waals surface area contributed by atoms with Gasteiger partial charge in [-0.05, 0) is 18.2 Å². The fourth-order valence-electron chi connectivity index (χ4n) is 3.00. The fourth-order valence-corrected chi connectivity index (χ4v) is 4.22. The summed E-state index contributed by atoms with van der Waals surface area (Å²) in [5.41, 5.74) is -5.17. The molecule has 0 bridgehead atoms. The number of alkyl halides is 3. The third kappa shape index (κ3) is 6.47. The maximum Gasteiger partial charge on any atom is 0.534 e. The van der Waals surface area contributed by atoms with Gasteiger partial charge in [0.05, 0.1) is 0 Å². The van der Waals surface area contributed by atoms with Gasteiger partial charge < -0.3 is 8.92 Å². The first-order valence-corrected chi connectivity index (χ1v) is 15.5. The lowest BCUT2D eigenvalue weighted by molar-refractivity contribution is -0.0501. The predicted octanol–water partition coefficient (Wildman–Crippen LogP) is 6.04. The largest absolute Gasteiger partial charge is 0.534 e. The molecule has 1 heterocycles. The Morgan fingerprint density at radius 3 is 2.23 bits per heavy atom. The molecule has 3 aromatic rings. The Hall–Kier alpha value is -2.77. The predicted molar refractivity (Wildman–Crippen MR) is 123 cm³/mol. The lowest BCUT2D eigenvalue weighted by atomic mass is 10.0. The maximum absolute atomic E-state index is 15.0. The van der Waals surface area contributed by atoms with E-state index in [1.165, 1.54) is 10.9 Å². The number of hydrogen-bond donors (Lipinski definition) is 0. The molecule has 0 amide bonds. The standard InChI is InChI=1S/C22H23F5N2O4SSi/c1-35(2,3)12-11-32-14-29-13-17(21(28-29)15-7-5-4-6-8-15)16-9-10-18(20(24)19(16)23)33-34(30,31)22(25,26)27/h4-10,13H,11-12,14H2,1-3H3. The van der Waals surface area contributed by atoms with Crippen LogP contribution >= 0.6 is 0 Å². The minimum atomic E-state index is -6.17. The molecule has 2 aromatic carbocycles. The molecule has 0 radical (unpaired) electrons. The zero-order valence-electron chi connectivity index (χ0n) is 19.1. The first-order chi connectivity index (χ1) is 16.2. The molecular weight excluding hydrogens is 511 g/mol. The van der Waals surface area contributed by atoms with Crippen LogP contribution in [0.5, 0.6) is 5.75 Å². The van der Waals surface area contributed by atoms with Crippen LogP contribution in [0.25, 0.3) is 22.4 Å². The van der Waals surface area contributed by atoms with Crippen molar-refractivity contribution in [3.05, 3.63) is 60.3 Å². The van der Waals surface area contributed by atoms with Gasteiger partial charge in [-0.2, -0.15) is 31.1 Å². The van der Waals surface area contributed by atoms with Crippen molar-refractivity contribution in [3.8, 4) is 28.1 Å². The molecule has 0 fully saturated rings. The lowest BCUT2D eigenvalue weighted by Crippen LogP contribution is -2.28. The molecule has 0 saturated carbocycles. The van der Waals surface area contributed by atoms with E-state index in [1.807, 2.05) is 0 Å². The van der Waals surface area contributed by atoms with Crippen LogP contribution in [-0.2, 0) is 21.6 Å². The van der Waals surface area contributed by atoms with Gasteiger partial charge in [-0.3, -0.25) is 0 Å². The van der Waals surface area contributed by atoms with Crippen molar-refractivity contribution >= 4 is 18.2 Å². The summed E-state index contributed by atoms with van der Waals surface area (Å²) in [6.07, 6.45) is 1.42. The molecular formula is C22H23F5N2O4SSi. The Kier molecular flexibility index (Phi) is 7.72. The highest BCUT2D eigenvalue weighted by Crippen LogP contribution is 2.37. The zero-order valence-corrected chi connectivity index (χ0v) is 20.9. The molecule has 6 nitrogen and oxygen atoms in total.